The fourth-order valence-electron chi connectivity index (χ4n) is 0.920. The van der Waals surface area contributed by atoms with Gasteiger partial charge in [0.1, 0.15) is 6.10 Å². The van der Waals surface area contributed by atoms with Crippen LogP contribution in [0.4, 0.5) is 0 Å². The molecule has 13 heavy (non-hydrogen) atoms. The van der Waals surface area contributed by atoms with E-state index in [1.165, 1.54) is 0 Å². The first-order valence-corrected chi connectivity index (χ1v) is 5.37. The maximum Gasteiger partial charge on any atom is 0.114 e. The molecule has 0 heterocycles. The molecule has 1 unspecified atom stereocenters. The summed E-state index contributed by atoms with van der Waals surface area (Å²) in [4.78, 5) is 0. The Kier molecular flexibility index (Phi) is 7.45. The fourth-order valence-corrected chi connectivity index (χ4v) is 1.81. The Balaban J connectivity index is 3.61. The lowest BCUT2D eigenvalue weighted by Gasteiger charge is -2.08. The van der Waals surface area contributed by atoms with Crippen molar-refractivity contribution in [2.45, 2.75) is 37.7 Å². The topological polar surface area (TPSA) is 20.2 Å². The van der Waals surface area contributed by atoms with Crippen LogP contribution in [0.5, 0.6) is 0 Å². The van der Waals surface area contributed by atoms with Crippen LogP contribution in [0.2, 0.25) is 0 Å². The SMILES string of the molecule is C=C(Br)C[C@H](Cl)CCC(O)C#CC. The summed E-state index contributed by atoms with van der Waals surface area (Å²) in [6, 6.07) is 0. The highest BCUT2D eigenvalue weighted by molar-refractivity contribution is 9.11. The zero-order valence-corrected chi connectivity index (χ0v) is 10.0. The van der Waals surface area contributed by atoms with Crippen molar-refractivity contribution in [3.63, 3.8) is 0 Å². The number of aliphatic hydroxyl groups excluding tert-OH is 1. The van der Waals surface area contributed by atoms with E-state index in [2.05, 4.69) is 34.3 Å². The van der Waals surface area contributed by atoms with Crippen LogP contribution in [0.3, 0.4) is 0 Å². The minimum Gasteiger partial charge on any atom is -0.380 e. The molecule has 0 aromatic carbocycles. The predicted octanol–water partition coefficient (Wildman–Crippen LogP) is 3.06. The molecule has 74 valence electrons. The second-order valence-corrected chi connectivity index (χ2v) is 4.54. The Labute approximate surface area is 93.3 Å². The molecule has 0 aromatic heterocycles. The summed E-state index contributed by atoms with van der Waals surface area (Å²) in [6.07, 6.45) is 1.56. The van der Waals surface area contributed by atoms with E-state index in [0.717, 1.165) is 17.3 Å². The van der Waals surface area contributed by atoms with Gasteiger partial charge in [-0.25, -0.2) is 0 Å². The predicted molar refractivity (Wildman–Crippen MR) is 61.0 cm³/mol. The van der Waals surface area contributed by atoms with Gasteiger partial charge < -0.3 is 5.11 Å². The van der Waals surface area contributed by atoms with Crippen molar-refractivity contribution < 1.29 is 5.11 Å². The van der Waals surface area contributed by atoms with Crippen LogP contribution in [-0.4, -0.2) is 16.6 Å². The molecule has 0 aromatic rings. The van der Waals surface area contributed by atoms with Gasteiger partial charge in [0.05, 0.1) is 0 Å². The summed E-state index contributed by atoms with van der Waals surface area (Å²) < 4.78 is 0.892. The third-order valence-electron chi connectivity index (χ3n) is 1.51. The summed E-state index contributed by atoms with van der Waals surface area (Å²) >= 11 is 9.21. The number of hydrogen-bond acceptors (Lipinski definition) is 1. The summed E-state index contributed by atoms with van der Waals surface area (Å²) in [5, 5.41) is 9.29. The molecule has 0 aliphatic heterocycles. The average Bonchev–Trinajstić information content (AvgIpc) is 2.00. The number of aliphatic hydroxyl groups is 1. The quantitative estimate of drug-likeness (QED) is 0.598. The second kappa shape index (κ2) is 7.44. The van der Waals surface area contributed by atoms with E-state index in [9.17, 15) is 5.11 Å². The third-order valence-corrected chi connectivity index (χ3v) is 2.20. The van der Waals surface area contributed by atoms with E-state index < -0.39 is 6.10 Å². The first-order chi connectivity index (χ1) is 6.06. The molecule has 0 spiro atoms. The Hall–Kier alpha value is 0.0300. The minimum atomic E-state index is -0.546. The molecule has 0 aliphatic rings. The summed E-state index contributed by atoms with van der Waals surface area (Å²) in [5.41, 5.74) is 0. The summed E-state index contributed by atoms with van der Waals surface area (Å²) in [6.45, 7) is 5.41. The Bertz CT molecular complexity index is 217. The number of alkyl halides is 1. The van der Waals surface area contributed by atoms with Crippen molar-refractivity contribution in [3.05, 3.63) is 11.1 Å². The van der Waals surface area contributed by atoms with Crippen molar-refractivity contribution in [1.29, 1.82) is 0 Å². The summed E-state index contributed by atoms with van der Waals surface area (Å²) in [7, 11) is 0. The summed E-state index contributed by atoms with van der Waals surface area (Å²) in [5.74, 6) is 5.33. The highest BCUT2D eigenvalue weighted by atomic mass is 79.9. The molecular weight excluding hydrogens is 251 g/mol. The lowest BCUT2D eigenvalue weighted by Crippen LogP contribution is -2.07. The number of halogens is 2. The molecule has 0 radical (unpaired) electrons. The van der Waals surface area contributed by atoms with Gasteiger partial charge in [-0.1, -0.05) is 28.4 Å². The maximum absolute atomic E-state index is 9.27. The maximum atomic E-state index is 9.27. The molecule has 0 rings (SSSR count). The van der Waals surface area contributed by atoms with Gasteiger partial charge >= 0.3 is 0 Å². The first kappa shape index (κ1) is 13.0. The van der Waals surface area contributed by atoms with Crippen molar-refractivity contribution in [1.82, 2.24) is 0 Å². The molecule has 0 saturated carbocycles. The molecule has 3 heteroatoms. The van der Waals surface area contributed by atoms with Gasteiger partial charge in [0.25, 0.3) is 0 Å². The van der Waals surface area contributed by atoms with Gasteiger partial charge in [-0.2, -0.15) is 0 Å². The molecule has 1 N–H and O–H groups in total. The molecular formula is C10H14BrClO. The van der Waals surface area contributed by atoms with Gasteiger partial charge in [0, 0.05) is 5.38 Å². The molecule has 0 saturated heterocycles. The first-order valence-electron chi connectivity index (χ1n) is 4.14. The Morgan fingerprint density at radius 3 is 2.69 bits per heavy atom. The van der Waals surface area contributed by atoms with Crippen molar-refractivity contribution >= 4 is 27.5 Å². The van der Waals surface area contributed by atoms with Gasteiger partial charge in [0.15, 0.2) is 0 Å². The smallest absolute Gasteiger partial charge is 0.114 e. The lowest BCUT2D eigenvalue weighted by molar-refractivity contribution is 0.218. The second-order valence-electron chi connectivity index (χ2n) is 2.81. The van der Waals surface area contributed by atoms with E-state index >= 15 is 0 Å². The van der Waals surface area contributed by atoms with Crippen LogP contribution in [-0.2, 0) is 0 Å². The van der Waals surface area contributed by atoms with Crippen molar-refractivity contribution in [2.75, 3.05) is 0 Å². The van der Waals surface area contributed by atoms with E-state index in [1.54, 1.807) is 6.92 Å². The average molecular weight is 266 g/mol. The molecule has 0 amide bonds. The zero-order valence-electron chi connectivity index (χ0n) is 7.69. The van der Waals surface area contributed by atoms with E-state index in [0.29, 0.717) is 6.42 Å². The number of rotatable bonds is 5. The van der Waals surface area contributed by atoms with Gasteiger partial charge in [-0.3, -0.25) is 0 Å². The monoisotopic (exact) mass is 264 g/mol. The third kappa shape index (κ3) is 8.36. The largest absolute Gasteiger partial charge is 0.380 e. The van der Waals surface area contributed by atoms with Crippen LogP contribution in [0.15, 0.2) is 11.1 Å². The van der Waals surface area contributed by atoms with E-state index in [4.69, 9.17) is 11.6 Å². The van der Waals surface area contributed by atoms with E-state index in [1.807, 2.05) is 0 Å². The van der Waals surface area contributed by atoms with Crippen molar-refractivity contribution in [3.8, 4) is 11.8 Å². The van der Waals surface area contributed by atoms with Crippen molar-refractivity contribution in [2.24, 2.45) is 0 Å². The highest BCUT2D eigenvalue weighted by Crippen LogP contribution is 2.19. The lowest BCUT2D eigenvalue weighted by atomic mass is 10.1. The zero-order chi connectivity index (χ0) is 10.3. The van der Waals surface area contributed by atoms with E-state index in [-0.39, 0.29) is 5.38 Å². The normalized spacial score (nSPS) is 14.2. The standard InChI is InChI=1S/C10H14BrClO/c1-3-4-10(13)6-5-9(12)7-8(2)11/h9-10,13H,2,5-7H2,1H3/t9-,10?/m1/s1. The van der Waals surface area contributed by atoms with Crippen LogP contribution in [0, 0.1) is 11.8 Å². The van der Waals surface area contributed by atoms with Crippen LogP contribution in [0.1, 0.15) is 26.2 Å². The number of allylic oxidation sites excluding steroid dienone is 1. The highest BCUT2D eigenvalue weighted by Gasteiger charge is 2.07. The minimum absolute atomic E-state index is 0.0279. The number of hydrogen-bond donors (Lipinski definition) is 1. The Morgan fingerprint density at radius 2 is 2.23 bits per heavy atom. The fraction of sp³-hybridized carbons (Fsp3) is 0.600. The van der Waals surface area contributed by atoms with Crippen LogP contribution >= 0.6 is 27.5 Å². The van der Waals surface area contributed by atoms with Crippen LogP contribution in [0.25, 0.3) is 0 Å². The van der Waals surface area contributed by atoms with Gasteiger partial charge in [-0.15, -0.1) is 17.5 Å². The molecule has 0 aliphatic carbocycles. The molecule has 0 bridgehead atoms. The molecule has 1 nitrogen and oxygen atoms in total. The van der Waals surface area contributed by atoms with Gasteiger partial charge in [0.2, 0.25) is 0 Å². The molecule has 2 atom stereocenters. The van der Waals surface area contributed by atoms with Crippen LogP contribution < -0.4 is 0 Å². The van der Waals surface area contributed by atoms with Gasteiger partial charge in [-0.05, 0) is 30.7 Å². The Morgan fingerprint density at radius 1 is 1.62 bits per heavy atom. The molecule has 0 fully saturated rings.